The highest BCUT2D eigenvalue weighted by Gasteiger charge is 2.21. The van der Waals surface area contributed by atoms with Gasteiger partial charge in [-0.3, -0.25) is 4.79 Å². The van der Waals surface area contributed by atoms with Gasteiger partial charge in [0.2, 0.25) is 5.91 Å². The molecule has 1 aliphatic rings. The molecule has 0 radical (unpaired) electrons. The fourth-order valence-corrected chi connectivity index (χ4v) is 3.17. The molecule has 144 valence electrons. The van der Waals surface area contributed by atoms with Crippen LogP contribution >= 0.6 is 11.6 Å². The molecule has 1 fully saturated rings. The molecule has 0 spiro atoms. The van der Waals surface area contributed by atoms with Gasteiger partial charge in [-0.1, -0.05) is 17.7 Å². The maximum atomic E-state index is 12.4. The van der Waals surface area contributed by atoms with Gasteiger partial charge in [0.05, 0.1) is 23.2 Å². The van der Waals surface area contributed by atoms with Gasteiger partial charge in [-0.2, -0.15) is 0 Å². The number of halogens is 1. The first kappa shape index (κ1) is 19.5. The summed E-state index contributed by atoms with van der Waals surface area (Å²) < 4.78 is 5.04. The van der Waals surface area contributed by atoms with E-state index in [0.29, 0.717) is 36.2 Å². The number of hydrogen-bond donors (Lipinski definition) is 3. The van der Waals surface area contributed by atoms with E-state index in [1.54, 1.807) is 19.4 Å². The highest BCUT2D eigenvalue weighted by Crippen LogP contribution is 2.29. The molecular weight excluding hydrogens is 366 g/mol. The third-order valence-electron chi connectivity index (χ3n) is 4.41. The van der Waals surface area contributed by atoms with Crippen molar-refractivity contribution >= 4 is 29.1 Å². The quantitative estimate of drug-likeness (QED) is 0.631. The Morgan fingerprint density at radius 1 is 1.41 bits per heavy atom. The lowest BCUT2D eigenvalue weighted by atomic mass is 9.99. The predicted molar refractivity (Wildman–Crippen MR) is 107 cm³/mol. The van der Waals surface area contributed by atoms with Crippen LogP contribution < -0.4 is 16.0 Å². The van der Waals surface area contributed by atoms with E-state index in [9.17, 15) is 4.79 Å². The maximum absolute atomic E-state index is 12.4. The minimum Gasteiger partial charge on any atom is -0.383 e. The number of pyridine rings is 2. The Hall–Kier alpha value is -2.22. The molecule has 1 aliphatic heterocycles. The molecule has 3 N–H and O–H groups in total. The summed E-state index contributed by atoms with van der Waals surface area (Å²) in [6.45, 7) is 2.92. The van der Waals surface area contributed by atoms with Gasteiger partial charge in [0, 0.05) is 32.0 Å². The summed E-state index contributed by atoms with van der Waals surface area (Å²) in [5, 5.41) is 9.82. The van der Waals surface area contributed by atoms with Gasteiger partial charge in [-0.15, -0.1) is 0 Å². The van der Waals surface area contributed by atoms with Crippen molar-refractivity contribution in [3.8, 4) is 11.3 Å². The monoisotopic (exact) mass is 389 g/mol. The van der Waals surface area contributed by atoms with E-state index in [1.165, 1.54) is 0 Å². The summed E-state index contributed by atoms with van der Waals surface area (Å²) in [5.74, 6) is 1.15. The SMILES string of the molecule is COCCNc1cccc(-c2cc(NC(=O)[C@@H]3CCCNC3)ncc2Cl)n1. The highest BCUT2D eigenvalue weighted by molar-refractivity contribution is 6.33. The number of rotatable bonds is 7. The van der Waals surface area contributed by atoms with Gasteiger partial charge >= 0.3 is 0 Å². The number of aromatic nitrogens is 2. The Morgan fingerprint density at radius 3 is 3.07 bits per heavy atom. The van der Waals surface area contributed by atoms with E-state index in [4.69, 9.17) is 16.3 Å². The average Bonchev–Trinajstić information content (AvgIpc) is 2.70. The van der Waals surface area contributed by atoms with Crippen LogP contribution in [0.4, 0.5) is 11.6 Å². The smallest absolute Gasteiger partial charge is 0.229 e. The molecule has 1 saturated heterocycles. The molecule has 8 heteroatoms. The van der Waals surface area contributed by atoms with Crippen molar-refractivity contribution in [1.82, 2.24) is 15.3 Å². The molecule has 27 heavy (non-hydrogen) atoms. The van der Waals surface area contributed by atoms with Crippen molar-refractivity contribution < 1.29 is 9.53 Å². The number of nitrogens with zero attached hydrogens (tertiary/aromatic N) is 2. The lowest BCUT2D eigenvalue weighted by Gasteiger charge is -2.21. The zero-order valence-corrected chi connectivity index (χ0v) is 16.1. The van der Waals surface area contributed by atoms with Gasteiger partial charge in [-0.25, -0.2) is 9.97 Å². The lowest BCUT2D eigenvalue weighted by Crippen LogP contribution is -2.37. The molecule has 3 rings (SSSR count). The Kier molecular flexibility index (Phi) is 6.98. The fourth-order valence-electron chi connectivity index (χ4n) is 2.97. The molecule has 2 aromatic rings. The number of hydrogen-bond acceptors (Lipinski definition) is 6. The van der Waals surface area contributed by atoms with E-state index in [2.05, 4.69) is 25.9 Å². The zero-order valence-electron chi connectivity index (χ0n) is 15.3. The maximum Gasteiger partial charge on any atom is 0.229 e. The van der Waals surface area contributed by atoms with Gasteiger partial charge in [0.1, 0.15) is 11.6 Å². The number of amides is 1. The van der Waals surface area contributed by atoms with Crippen LogP contribution in [-0.4, -0.2) is 49.2 Å². The first-order valence-corrected chi connectivity index (χ1v) is 9.42. The molecule has 7 nitrogen and oxygen atoms in total. The van der Waals surface area contributed by atoms with Crippen LogP contribution in [0.2, 0.25) is 5.02 Å². The standard InChI is InChI=1S/C19H24ClN5O2/c1-27-9-8-22-17-6-2-5-16(24-17)14-10-18(23-12-15(14)20)25-19(26)13-4-3-7-21-11-13/h2,5-6,10,12-13,21H,3-4,7-9,11H2,1H3,(H,22,24)(H,23,25,26)/t13-/m1/s1. The number of ether oxygens (including phenoxy) is 1. The Bertz CT molecular complexity index is 780. The molecule has 0 aliphatic carbocycles. The third-order valence-corrected chi connectivity index (χ3v) is 4.71. The minimum atomic E-state index is -0.0360. The van der Waals surface area contributed by atoms with Gasteiger partial charge in [0.15, 0.2) is 0 Å². The summed E-state index contributed by atoms with van der Waals surface area (Å²) in [6, 6.07) is 7.42. The van der Waals surface area contributed by atoms with Gasteiger partial charge in [-0.05, 0) is 37.6 Å². The van der Waals surface area contributed by atoms with Crippen molar-refractivity contribution in [2.45, 2.75) is 12.8 Å². The van der Waals surface area contributed by atoms with Crippen LogP contribution in [0, 0.1) is 5.92 Å². The highest BCUT2D eigenvalue weighted by atomic mass is 35.5. The molecule has 0 aromatic carbocycles. The van der Waals surface area contributed by atoms with Crippen LogP contribution in [0.3, 0.4) is 0 Å². The summed E-state index contributed by atoms with van der Waals surface area (Å²) in [7, 11) is 1.65. The van der Waals surface area contributed by atoms with Gasteiger partial charge in [0.25, 0.3) is 0 Å². The molecule has 1 amide bonds. The van der Waals surface area contributed by atoms with Crippen LogP contribution in [0.5, 0.6) is 0 Å². The van der Waals surface area contributed by atoms with Crippen LogP contribution in [-0.2, 0) is 9.53 Å². The zero-order chi connectivity index (χ0) is 19.1. The second kappa shape index (κ2) is 9.64. The first-order valence-electron chi connectivity index (χ1n) is 9.04. The molecule has 2 aromatic heterocycles. The lowest BCUT2D eigenvalue weighted by molar-refractivity contribution is -0.120. The van der Waals surface area contributed by atoms with Crippen LogP contribution in [0.25, 0.3) is 11.3 Å². The second-order valence-corrected chi connectivity index (χ2v) is 6.82. The summed E-state index contributed by atoms with van der Waals surface area (Å²) in [4.78, 5) is 21.3. The number of carbonyl (C=O) groups excluding carboxylic acids is 1. The van der Waals surface area contributed by atoms with Crippen LogP contribution in [0.1, 0.15) is 12.8 Å². The number of nitrogens with one attached hydrogen (secondary N) is 3. The Morgan fingerprint density at radius 2 is 2.30 bits per heavy atom. The van der Waals surface area contributed by atoms with Crippen molar-refractivity contribution in [1.29, 1.82) is 0 Å². The van der Waals surface area contributed by atoms with E-state index in [-0.39, 0.29) is 11.8 Å². The third kappa shape index (κ3) is 5.38. The molecular formula is C19H24ClN5O2. The topological polar surface area (TPSA) is 88.2 Å². The minimum absolute atomic E-state index is 0.0223. The van der Waals surface area contributed by atoms with Crippen molar-refractivity contribution in [3.63, 3.8) is 0 Å². The number of methoxy groups -OCH3 is 1. The van der Waals surface area contributed by atoms with E-state index in [1.807, 2.05) is 18.2 Å². The predicted octanol–water partition coefficient (Wildman–Crippen LogP) is 2.79. The fraction of sp³-hybridized carbons (Fsp3) is 0.421. The van der Waals surface area contributed by atoms with Gasteiger partial charge < -0.3 is 20.7 Å². The molecule has 3 heterocycles. The van der Waals surface area contributed by atoms with Crippen molar-refractivity contribution in [2.75, 3.05) is 44.0 Å². The average molecular weight is 390 g/mol. The molecule has 0 saturated carbocycles. The molecule has 1 atom stereocenters. The Labute approximate surface area is 163 Å². The number of anilines is 2. The molecule has 0 bridgehead atoms. The summed E-state index contributed by atoms with van der Waals surface area (Å²) in [6.07, 6.45) is 3.43. The Balaban J connectivity index is 1.75. The number of carbonyl (C=O) groups is 1. The normalized spacial score (nSPS) is 16.7. The van der Waals surface area contributed by atoms with E-state index in [0.717, 1.165) is 30.8 Å². The largest absolute Gasteiger partial charge is 0.383 e. The summed E-state index contributed by atoms with van der Waals surface area (Å²) >= 11 is 6.33. The van der Waals surface area contributed by atoms with E-state index >= 15 is 0 Å². The van der Waals surface area contributed by atoms with Crippen LogP contribution in [0.15, 0.2) is 30.5 Å². The van der Waals surface area contributed by atoms with E-state index < -0.39 is 0 Å². The molecule has 0 unspecified atom stereocenters. The second-order valence-electron chi connectivity index (χ2n) is 6.41. The van der Waals surface area contributed by atoms with Crippen molar-refractivity contribution in [2.24, 2.45) is 5.92 Å². The number of piperidine rings is 1. The summed E-state index contributed by atoms with van der Waals surface area (Å²) in [5.41, 5.74) is 1.43. The van der Waals surface area contributed by atoms with Crippen molar-refractivity contribution in [3.05, 3.63) is 35.5 Å². The first-order chi connectivity index (χ1) is 13.2.